The van der Waals surface area contributed by atoms with Crippen molar-refractivity contribution >= 4 is 23.8 Å². The molecule has 0 bridgehead atoms. The van der Waals surface area contributed by atoms with Crippen LogP contribution in [-0.2, 0) is 0 Å². The first-order valence-corrected chi connectivity index (χ1v) is 9.12. The molecule has 0 spiro atoms. The van der Waals surface area contributed by atoms with Crippen molar-refractivity contribution in [3.8, 4) is 11.1 Å². The van der Waals surface area contributed by atoms with Crippen molar-refractivity contribution in [1.29, 1.82) is 0 Å². The smallest absolute Gasteiger partial charge is 0.261 e. The minimum Gasteiger partial charge on any atom is -0.390 e. The second-order valence-electron chi connectivity index (χ2n) is 6.48. The number of rotatable bonds is 4. The molecule has 0 aliphatic rings. The summed E-state index contributed by atoms with van der Waals surface area (Å²) in [6, 6.07) is 16.1. The molecule has 152 valence electrons. The standard InChI is InChI=1S/C23H20F2N4O/c1-14-6-7-16(22(27-2)28-13-26)12-18(14)15-8-10-17(11-9-15)29-23(30)21-19(24)4-3-5-20(21)25/h3-13H,1-2H3,(H,29,30)(H2,26,27,28). The molecule has 0 unspecified atom stereocenters. The monoisotopic (exact) mass is 406 g/mol. The number of amidine groups is 1. The molecule has 0 atom stereocenters. The molecule has 0 radical (unpaired) electrons. The summed E-state index contributed by atoms with van der Waals surface area (Å²) in [6.45, 7) is 1.98. The Hall–Kier alpha value is -3.87. The van der Waals surface area contributed by atoms with Gasteiger partial charge in [-0.25, -0.2) is 13.8 Å². The van der Waals surface area contributed by atoms with Crippen LogP contribution in [0, 0.1) is 18.6 Å². The van der Waals surface area contributed by atoms with Gasteiger partial charge in [0, 0.05) is 18.3 Å². The number of nitrogens with one attached hydrogen (secondary N) is 1. The highest BCUT2D eigenvalue weighted by molar-refractivity contribution is 6.05. The lowest BCUT2D eigenvalue weighted by molar-refractivity contribution is 0.101. The van der Waals surface area contributed by atoms with Crippen molar-refractivity contribution in [1.82, 2.24) is 0 Å². The number of carbonyl (C=O) groups excluding carboxylic acids is 1. The molecule has 3 aromatic rings. The molecule has 0 saturated heterocycles. The number of anilines is 1. The van der Waals surface area contributed by atoms with Crippen LogP contribution >= 0.6 is 0 Å². The van der Waals surface area contributed by atoms with Crippen LogP contribution < -0.4 is 11.1 Å². The van der Waals surface area contributed by atoms with Gasteiger partial charge in [0.15, 0.2) is 5.84 Å². The van der Waals surface area contributed by atoms with Crippen LogP contribution in [0.3, 0.4) is 0 Å². The number of aryl methyl sites for hydroxylation is 1. The Bertz CT molecular complexity index is 1120. The number of nitrogens with zero attached hydrogens (tertiary/aromatic N) is 2. The molecule has 3 N–H and O–H groups in total. The van der Waals surface area contributed by atoms with Gasteiger partial charge in [0.2, 0.25) is 0 Å². The third-order valence-corrected chi connectivity index (χ3v) is 4.55. The predicted molar refractivity (Wildman–Crippen MR) is 116 cm³/mol. The van der Waals surface area contributed by atoms with Gasteiger partial charge in [-0.15, -0.1) is 0 Å². The summed E-state index contributed by atoms with van der Waals surface area (Å²) in [5, 5.41) is 2.52. The second-order valence-corrected chi connectivity index (χ2v) is 6.48. The van der Waals surface area contributed by atoms with Crippen LogP contribution in [0.4, 0.5) is 14.5 Å². The maximum Gasteiger partial charge on any atom is 0.261 e. The lowest BCUT2D eigenvalue weighted by atomic mass is 9.97. The Labute approximate surface area is 173 Å². The van der Waals surface area contributed by atoms with Crippen LogP contribution in [0.25, 0.3) is 11.1 Å². The molecular formula is C23H20F2N4O. The van der Waals surface area contributed by atoms with Crippen LogP contribution in [0.5, 0.6) is 0 Å². The van der Waals surface area contributed by atoms with E-state index >= 15 is 0 Å². The van der Waals surface area contributed by atoms with Crippen molar-refractivity contribution in [2.45, 2.75) is 6.92 Å². The maximum atomic E-state index is 13.8. The molecule has 0 aromatic heterocycles. The fraction of sp³-hybridized carbons (Fsp3) is 0.0870. The fourth-order valence-corrected chi connectivity index (χ4v) is 3.05. The van der Waals surface area contributed by atoms with Gasteiger partial charge in [0.25, 0.3) is 5.91 Å². The second kappa shape index (κ2) is 9.09. The molecular weight excluding hydrogens is 386 g/mol. The van der Waals surface area contributed by atoms with Crippen LogP contribution in [-0.4, -0.2) is 25.1 Å². The van der Waals surface area contributed by atoms with E-state index in [9.17, 15) is 13.6 Å². The molecule has 3 aromatic carbocycles. The third kappa shape index (κ3) is 4.41. The van der Waals surface area contributed by atoms with Gasteiger partial charge in [-0.3, -0.25) is 9.79 Å². The molecule has 1 amide bonds. The van der Waals surface area contributed by atoms with E-state index < -0.39 is 23.1 Å². The van der Waals surface area contributed by atoms with Crippen LogP contribution in [0.15, 0.2) is 70.6 Å². The van der Waals surface area contributed by atoms with Crippen molar-refractivity contribution in [3.63, 3.8) is 0 Å². The summed E-state index contributed by atoms with van der Waals surface area (Å²) < 4.78 is 27.6. The Morgan fingerprint density at radius 3 is 2.30 bits per heavy atom. The van der Waals surface area contributed by atoms with E-state index in [0.717, 1.165) is 34.4 Å². The summed E-state index contributed by atoms with van der Waals surface area (Å²) in [4.78, 5) is 20.4. The Morgan fingerprint density at radius 1 is 1.03 bits per heavy atom. The van der Waals surface area contributed by atoms with E-state index in [4.69, 9.17) is 5.73 Å². The highest BCUT2D eigenvalue weighted by Crippen LogP contribution is 2.27. The van der Waals surface area contributed by atoms with Gasteiger partial charge in [0.1, 0.15) is 17.2 Å². The number of hydrogen-bond acceptors (Lipinski definition) is 2. The van der Waals surface area contributed by atoms with Crippen LogP contribution in [0.2, 0.25) is 0 Å². The summed E-state index contributed by atoms with van der Waals surface area (Å²) in [6.07, 6.45) is 1.19. The molecule has 30 heavy (non-hydrogen) atoms. The molecule has 3 rings (SSSR count). The molecule has 0 aliphatic heterocycles. The van der Waals surface area contributed by atoms with Crippen molar-refractivity contribution in [3.05, 3.63) is 89.0 Å². The summed E-state index contributed by atoms with van der Waals surface area (Å²) in [5.41, 5.74) is 8.90. The normalized spacial score (nSPS) is 11.7. The number of aliphatic imine (C=N–C) groups is 2. The number of nitrogens with two attached hydrogens (primary N) is 1. The van der Waals surface area contributed by atoms with Crippen molar-refractivity contribution in [2.24, 2.45) is 15.7 Å². The number of halogens is 2. The summed E-state index contributed by atoms with van der Waals surface area (Å²) in [5.74, 6) is -2.16. The maximum absolute atomic E-state index is 13.8. The van der Waals surface area contributed by atoms with E-state index in [0.29, 0.717) is 11.5 Å². The highest BCUT2D eigenvalue weighted by Gasteiger charge is 2.17. The summed E-state index contributed by atoms with van der Waals surface area (Å²) >= 11 is 0. The van der Waals surface area contributed by atoms with Gasteiger partial charge < -0.3 is 11.1 Å². The minimum absolute atomic E-state index is 0.420. The quantitative estimate of drug-likeness (QED) is 0.492. The SMILES string of the molecule is CN=C(N=CN)c1ccc(C)c(-c2ccc(NC(=O)c3c(F)cccc3F)cc2)c1. The molecule has 0 heterocycles. The lowest BCUT2D eigenvalue weighted by Gasteiger charge is -2.11. The number of hydrogen-bond donors (Lipinski definition) is 2. The first-order chi connectivity index (χ1) is 14.4. The largest absolute Gasteiger partial charge is 0.390 e. The van der Waals surface area contributed by atoms with Gasteiger partial charge in [-0.2, -0.15) is 0 Å². The lowest BCUT2D eigenvalue weighted by Crippen LogP contribution is -2.15. The zero-order valence-corrected chi connectivity index (χ0v) is 16.5. The average molecular weight is 406 g/mol. The highest BCUT2D eigenvalue weighted by atomic mass is 19.1. The van der Waals surface area contributed by atoms with Gasteiger partial charge in [-0.05, 0) is 53.9 Å². The Balaban J connectivity index is 1.87. The van der Waals surface area contributed by atoms with Crippen molar-refractivity contribution in [2.75, 3.05) is 12.4 Å². The Morgan fingerprint density at radius 2 is 1.70 bits per heavy atom. The summed E-state index contributed by atoms with van der Waals surface area (Å²) in [7, 11) is 1.64. The van der Waals surface area contributed by atoms with E-state index in [1.54, 1.807) is 19.2 Å². The number of carbonyl (C=O) groups is 1. The topological polar surface area (TPSA) is 79.8 Å². The van der Waals surface area contributed by atoms with E-state index in [1.807, 2.05) is 37.3 Å². The first-order valence-electron chi connectivity index (χ1n) is 9.12. The zero-order chi connectivity index (χ0) is 21.7. The number of benzene rings is 3. The first kappa shape index (κ1) is 20.9. The fourth-order valence-electron chi connectivity index (χ4n) is 3.05. The van der Waals surface area contributed by atoms with E-state index in [-0.39, 0.29) is 0 Å². The predicted octanol–water partition coefficient (Wildman–Crippen LogP) is 4.56. The van der Waals surface area contributed by atoms with Gasteiger partial charge in [0.05, 0.1) is 6.34 Å². The Kier molecular flexibility index (Phi) is 6.32. The minimum atomic E-state index is -0.912. The van der Waals surface area contributed by atoms with Crippen LogP contribution in [0.1, 0.15) is 21.5 Å². The molecule has 0 fully saturated rings. The number of amides is 1. The van der Waals surface area contributed by atoms with E-state index in [2.05, 4.69) is 15.3 Å². The third-order valence-electron chi connectivity index (χ3n) is 4.55. The molecule has 5 nitrogen and oxygen atoms in total. The van der Waals surface area contributed by atoms with Gasteiger partial charge >= 0.3 is 0 Å². The zero-order valence-electron chi connectivity index (χ0n) is 16.5. The average Bonchev–Trinajstić information content (AvgIpc) is 2.73. The molecule has 0 saturated carbocycles. The van der Waals surface area contributed by atoms with Gasteiger partial charge in [-0.1, -0.05) is 30.3 Å². The molecule has 7 heteroatoms. The van der Waals surface area contributed by atoms with E-state index in [1.165, 1.54) is 12.4 Å². The molecule has 0 aliphatic carbocycles. The van der Waals surface area contributed by atoms with Crippen molar-refractivity contribution < 1.29 is 13.6 Å².